The standard InChI is InChI=1S/C14H20BrN3O3.C13H20BrN3O/c1-17-5-3-12(4-6-17)18(14(19)20)9-10-7-11(15)8-16-13(10)21-2;1-17-5-3-12(4-6-17)15-8-10-7-11(14)9-16-13(10)18-2/h7-8,12H,3-6,9H2,1-2H3,(H,19,20);7,9,12,15H,3-6,8H2,1-2H3. The Labute approximate surface area is 248 Å². The van der Waals surface area contributed by atoms with Gasteiger partial charge < -0.3 is 34.6 Å². The molecule has 216 valence electrons. The molecule has 0 aromatic carbocycles. The van der Waals surface area contributed by atoms with E-state index in [1.165, 1.54) is 30.8 Å². The van der Waals surface area contributed by atoms with Gasteiger partial charge in [-0.1, -0.05) is 0 Å². The molecular formula is C27H40Br2N6O4. The summed E-state index contributed by atoms with van der Waals surface area (Å²) in [5, 5.41) is 13.1. The van der Waals surface area contributed by atoms with E-state index in [4.69, 9.17) is 9.47 Å². The molecule has 2 fully saturated rings. The van der Waals surface area contributed by atoms with Gasteiger partial charge in [-0.15, -0.1) is 0 Å². The van der Waals surface area contributed by atoms with E-state index in [-0.39, 0.29) is 6.04 Å². The van der Waals surface area contributed by atoms with Crippen LogP contribution in [0.5, 0.6) is 11.8 Å². The first-order valence-corrected chi connectivity index (χ1v) is 14.8. The number of aromatic nitrogens is 2. The van der Waals surface area contributed by atoms with Crippen molar-refractivity contribution in [1.82, 2.24) is 30.0 Å². The van der Waals surface area contributed by atoms with Gasteiger partial charge in [0.2, 0.25) is 11.8 Å². The third kappa shape index (κ3) is 9.86. The Morgan fingerprint density at radius 2 is 1.44 bits per heavy atom. The number of nitrogens with one attached hydrogen (secondary N) is 1. The van der Waals surface area contributed by atoms with Gasteiger partial charge in [0.05, 0.1) is 20.8 Å². The summed E-state index contributed by atoms with van der Waals surface area (Å²) in [5.74, 6) is 1.18. The normalized spacial score (nSPS) is 17.3. The molecule has 0 unspecified atom stereocenters. The van der Waals surface area contributed by atoms with Gasteiger partial charge in [0, 0.05) is 51.1 Å². The summed E-state index contributed by atoms with van der Waals surface area (Å²) in [6.45, 7) is 5.28. The van der Waals surface area contributed by atoms with Crippen molar-refractivity contribution >= 4 is 38.0 Å². The minimum absolute atomic E-state index is 0.0439. The van der Waals surface area contributed by atoms with E-state index in [9.17, 15) is 9.90 Å². The number of amides is 1. The number of halogens is 2. The largest absolute Gasteiger partial charge is 0.481 e. The molecule has 2 aliphatic heterocycles. The molecule has 39 heavy (non-hydrogen) atoms. The van der Waals surface area contributed by atoms with Crippen LogP contribution in [0.4, 0.5) is 4.79 Å². The summed E-state index contributed by atoms with van der Waals surface area (Å²) in [4.78, 5) is 26.1. The minimum atomic E-state index is -0.897. The van der Waals surface area contributed by atoms with Crippen molar-refractivity contribution in [3.63, 3.8) is 0 Å². The molecule has 2 aromatic heterocycles. The first-order chi connectivity index (χ1) is 18.7. The van der Waals surface area contributed by atoms with Crippen molar-refractivity contribution in [1.29, 1.82) is 0 Å². The van der Waals surface area contributed by atoms with Gasteiger partial charge >= 0.3 is 6.09 Å². The van der Waals surface area contributed by atoms with Crippen LogP contribution in [0, 0.1) is 0 Å². The van der Waals surface area contributed by atoms with Gasteiger partial charge in [-0.2, -0.15) is 0 Å². The molecule has 0 saturated carbocycles. The highest BCUT2D eigenvalue weighted by atomic mass is 79.9. The topological polar surface area (TPSA) is 103 Å². The number of carbonyl (C=O) groups is 1. The zero-order valence-electron chi connectivity index (χ0n) is 23.2. The maximum absolute atomic E-state index is 11.6. The smallest absolute Gasteiger partial charge is 0.407 e. The number of ether oxygens (including phenoxy) is 2. The van der Waals surface area contributed by atoms with E-state index < -0.39 is 6.09 Å². The van der Waals surface area contributed by atoms with Gasteiger partial charge in [0.1, 0.15) is 0 Å². The van der Waals surface area contributed by atoms with Crippen molar-refractivity contribution in [2.75, 3.05) is 54.5 Å². The summed E-state index contributed by atoms with van der Waals surface area (Å²) in [5.41, 5.74) is 1.87. The third-order valence-electron chi connectivity index (χ3n) is 7.19. The summed E-state index contributed by atoms with van der Waals surface area (Å²) in [6.07, 6.45) is 6.63. The van der Waals surface area contributed by atoms with Gasteiger partial charge in [-0.05, 0) is 110 Å². The Hall–Kier alpha value is -1.99. The minimum Gasteiger partial charge on any atom is -0.481 e. The molecule has 0 spiro atoms. The summed E-state index contributed by atoms with van der Waals surface area (Å²) in [6, 6.07) is 4.57. The Kier molecular flexibility index (Phi) is 12.7. The quantitative estimate of drug-likeness (QED) is 0.421. The lowest BCUT2D eigenvalue weighted by Crippen LogP contribution is -2.45. The monoisotopic (exact) mass is 670 g/mol. The van der Waals surface area contributed by atoms with Crippen molar-refractivity contribution in [2.45, 2.75) is 50.9 Å². The first-order valence-electron chi connectivity index (χ1n) is 13.2. The van der Waals surface area contributed by atoms with Crippen LogP contribution < -0.4 is 14.8 Å². The molecule has 0 bridgehead atoms. The Morgan fingerprint density at radius 3 is 1.95 bits per heavy atom. The van der Waals surface area contributed by atoms with Crippen LogP contribution in [0.1, 0.15) is 36.8 Å². The second-order valence-corrected chi connectivity index (χ2v) is 11.9. The second kappa shape index (κ2) is 15.7. The van der Waals surface area contributed by atoms with E-state index >= 15 is 0 Å². The van der Waals surface area contributed by atoms with Gasteiger partial charge in [0.15, 0.2) is 0 Å². The predicted molar refractivity (Wildman–Crippen MR) is 158 cm³/mol. The van der Waals surface area contributed by atoms with E-state index in [1.54, 1.807) is 26.6 Å². The lowest BCUT2D eigenvalue weighted by atomic mass is 10.0. The average Bonchev–Trinajstić information content (AvgIpc) is 2.92. The molecule has 0 aliphatic carbocycles. The highest BCUT2D eigenvalue weighted by Gasteiger charge is 2.28. The number of rotatable bonds is 8. The summed E-state index contributed by atoms with van der Waals surface area (Å²) in [7, 11) is 7.44. The molecule has 2 saturated heterocycles. The van der Waals surface area contributed by atoms with E-state index in [2.05, 4.69) is 77.1 Å². The number of piperidine rings is 2. The van der Waals surface area contributed by atoms with Crippen molar-refractivity contribution in [3.8, 4) is 11.8 Å². The zero-order valence-corrected chi connectivity index (χ0v) is 26.4. The number of hydrogen-bond donors (Lipinski definition) is 2. The Bertz CT molecular complexity index is 1060. The lowest BCUT2D eigenvalue weighted by Gasteiger charge is -2.35. The molecule has 2 aromatic rings. The summed E-state index contributed by atoms with van der Waals surface area (Å²) < 4.78 is 12.3. The van der Waals surface area contributed by atoms with E-state index in [1.807, 2.05) is 6.07 Å². The van der Waals surface area contributed by atoms with Crippen molar-refractivity contribution in [2.24, 2.45) is 0 Å². The summed E-state index contributed by atoms with van der Waals surface area (Å²) >= 11 is 6.81. The fourth-order valence-electron chi connectivity index (χ4n) is 4.85. The van der Waals surface area contributed by atoms with E-state index in [0.717, 1.165) is 52.5 Å². The first kappa shape index (κ1) is 31.5. The van der Waals surface area contributed by atoms with Crippen LogP contribution >= 0.6 is 31.9 Å². The molecular weight excluding hydrogens is 632 g/mol. The number of hydrogen-bond acceptors (Lipinski definition) is 8. The number of pyridine rings is 2. The zero-order chi connectivity index (χ0) is 28.4. The molecule has 0 radical (unpaired) electrons. The number of methoxy groups -OCH3 is 2. The van der Waals surface area contributed by atoms with Gasteiger partial charge in [-0.3, -0.25) is 0 Å². The second-order valence-electron chi connectivity index (χ2n) is 10.0. The van der Waals surface area contributed by atoms with Crippen molar-refractivity contribution in [3.05, 3.63) is 44.6 Å². The van der Waals surface area contributed by atoms with Crippen LogP contribution in [0.15, 0.2) is 33.5 Å². The molecule has 4 rings (SSSR count). The molecule has 2 aliphatic rings. The van der Waals surface area contributed by atoms with Gasteiger partial charge in [-0.25, -0.2) is 14.8 Å². The predicted octanol–water partition coefficient (Wildman–Crippen LogP) is 4.46. The highest BCUT2D eigenvalue weighted by molar-refractivity contribution is 9.10. The van der Waals surface area contributed by atoms with Crippen LogP contribution in [0.3, 0.4) is 0 Å². The molecule has 4 heterocycles. The highest BCUT2D eigenvalue weighted by Crippen LogP contribution is 2.25. The maximum atomic E-state index is 11.6. The number of likely N-dealkylation sites (tertiary alicyclic amines) is 2. The molecule has 0 atom stereocenters. The Balaban J connectivity index is 0.000000218. The number of carboxylic acid groups (broad SMARTS) is 1. The molecule has 1 amide bonds. The van der Waals surface area contributed by atoms with Crippen LogP contribution in [-0.2, 0) is 13.1 Å². The van der Waals surface area contributed by atoms with Crippen LogP contribution in [0.2, 0.25) is 0 Å². The molecule has 12 heteroatoms. The fourth-order valence-corrected chi connectivity index (χ4v) is 5.61. The van der Waals surface area contributed by atoms with E-state index in [0.29, 0.717) is 24.3 Å². The van der Waals surface area contributed by atoms with Crippen LogP contribution in [0.25, 0.3) is 0 Å². The lowest BCUT2D eigenvalue weighted by molar-refractivity contribution is 0.0922. The maximum Gasteiger partial charge on any atom is 0.407 e. The molecule has 10 nitrogen and oxygen atoms in total. The van der Waals surface area contributed by atoms with Gasteiger partial charge in [0.25, 0.3) is 0 Å². The van der Waals surface area contributed by atoms with Crippen LogP contribution in [-0.4, -0.2) is 102 Å². The Morgan fingerprint density at radius 1 is 0.949 bits per heavy atom. The van der Waals surface area contributed by atoms with Crippen molar-refractivity contribution < 1.29 is 19.4 Å². The average molecular weight is 672 g/mol. The number of nitrogens with zero attached hydrogens (tertiary/aromatic N) is 5. The fraction of sp³-hybridized carbons (Fsp3) is 0.593. The SMILES string of the molecule is COc1ncc(Br)cc1CN(C(=O)O)C1CCN(C)CC1.COc1ncc(Br)cc1CNC1CCN(C)CC1. The molecule has 2 N–H and O–H groups in total. The third-order valence-corrected chi connectivity index (χ3v) is 8.05.